The number of nitrogens with zero attached hydrogens (tertiary/aromatic N) is 2. The predicted molar refractivity (Wildman–Crippen MR) is 102 cm³/mol. The van der Waals surface area contributed by atoms with Gasteiger partial charge in [-0.2, -0.15) is 0 Å². The second-order valence-corrected chi connectivity index (χ2v) is 7.64. The van der Waals surface area contributed by atoms with Gasteiger partial charge in [-0.15, -0.1) is 0 Å². The lowest BCUT2D eigenvalue weighted by Crippen LogP contribution is -2.27. The Kier molecular flexibility index (Phi) is 5.08. The molecule has 1 saturated heterocycles. The number of benzene rings is 2. The summed E-state index contributed by atoms with van der Waals surface area (Å²) in [5.74, 6) is -1.74. The maximum Gasteiger partial charge on any atom is 0.270 e. The summed E-state index contributed by atoms with van der Waals surface area (Å²) >= 11 is 9.15. The van der Waals surface area contributed by atoms with Crippen molar-refractivity contribution in [1.82, 2.24) is 0 Å². The number of rotatable bonds is 3. The maximum absolute atomic E-state index is 13.4. The normalized spacial score (nSPS) is 15.8. The van der Waals surface area contributed by atoms with Gasteiger partial charge in [-0.1, -0.05) is 46.0 Å². The first-order valence-corrected chi connectivity index (χ1v) is 8.98. The monoisotopic (exact) mass is 453 g/mol. The van der Waals surface area contributed by atoms with Crippen molar-refractivity contribution in [3.8, 4) is 5.75 Å². The molecule has 0 aliphatic carbocycles. The summed E-state index contributed by atoms with van der Waals surface area (Å²) in [5.41, 5.74) is -0.0212. The number of carbonyl (C=O) groups is 1. The Morgan fingerprint density at radius 3 is 2.69 bits per heavy atom. The van der Waals surface area contributed by atoms with E-state index < -0.39 is 28.1 Å². The van der Waals surface area contributed by atoms with Gasteiger partial charge in [0.25, 0.3) is 11.6 Å². The van der Waals surface area contributed by atoms with Crippen LogP contribution in [0.5, 0.6) is 5.75 Å². The minimum absolute atomic E-state index is 0.0126. The van der Waals surface area contributed by atoms with E-state index in [0.717, 1.165) is 17.8 Å². The summed E-state index contributed by atoms with van der Waals surface area (Å²) in [6.45, 7) is 0. The van der Waals surface area contributed by atoms with Crippen LogP contribution >= 0.6 is 39.9 Å². The summed E-state index contributed by atoms with van der Waals surface area (Å²) in [4.78, 5) is 24.2. The molecule has 2 aromatic carbocycles. The number of nitro benzene ring substituents is 1. The molecule has 0 bridgehead atoms. The van der Waals surface area contributed by atoms with Gasteiger partial charge in [0.2, 0.25) is 0 Å². The molecule has 6 nitrogen and oxygen atoms in total. The van der Waals surface area contributed by atoms with Crippen molar-refractivity contribution in [2.75, 3.05) is 4.90 Å². The van der Waals surface area contributed by atoms with E-state index in [-0.39, 0.29) is 19.4 Å². The third kappa shape index (κ3) is 3.48. The Labute approximate surface area is 164 Å². The first-order valence-electron chi connectivity index (χ1n) is 6.96. The van der Waals surface area contributed by atoms with Crippen molar-refractivity contribution < 1.29 is 19.2 Å². The van der Waals surface area contributed by atoms with E-state index in [2.05, 4.69) is 15.9 Å². The third-order valence-corrected chi connectivity index (χ3v) is 5.29. The van der Waals surface area contributed by atoms with Crippen molar-refractivity contribution in [1.29, 1.82) is 0 Å². The van der Waals surface area contributed by atoms with Gasteiger partial charge in [-0.3, -0.25) is 19.8 Å². The quantitative estimate of drug-likeness (QED) is 0.302. The second kappa shape index (κ2) is 7.14. The molecule has 0 spiro atoms. The molecular formula is C16H7BrFN2O4S2-. The number of halogens is 2. The molecule has 132 valence electrons. The molecule has 1 fully saturated rings. The van der Waals surface area contributed by atoms with Crippen LogP contribution in [0.4, 0.5) is 15.8 Å². The standard InChI is InChI=1S/C16H8BrFN2O4S2/c17-11-4-8(5-12(14(11)21)20(23)24)6-13-15(22)19(16(25)26-13)10-3-1-2-9(18)7-10/h1-7,21H/p-1/b13-6+. The lowest BCUT2D eigenvalue weighted by Gasteiger charge is -2.14. The first-order chi connectivity index (χ1) is 12.3. The molecule has 26 heavy (non-hydrogen) atoms. The topological polar surface area (TPSA) is 86.5 Å². The van der Waals surface area contributed by atoms with Gasteiger partial charge in [0.05, 0.1) is 15.5 Å². The Hall–Kier alpha value is -2.30. The van der Waals surface area contributed by atoms with Gasteiger partial charge in [0.15, 0.2) is 4.32 Å². The van der Waals surface area contributed by atoms with Gasteiger partial charge < -0.3 is 5.11 Å². The van der Waals surface area contributed by atoms with Crippen molar-refractivity contribution in [2.45, 2.75) is 0 Å². The van der Waals surface area contributed by atoms with Gasteiger partial charge in [0.1, 0.15) is 5.82 Å². The fraction of sp³-hybridized carbons (Fsp3) is 0. The molecule has 2 aromatic rings. The molecule has 3 rings (SSSR count). The molecule has 0 aromatic heterocycles. The Morgan fingerprint density at radius 2 is 2.04 bits per heavy atom. The molecule has 10 heteroatoms. The van der Waals surface area contributed by atoms with E-state index in [4.69, 9.17) is 12.2 Å². The highest BCUT2D eigenvalue weighted by atomic mass is 79.9. The number of anilines is 1. The lowest BCUT2D eigenvalue weighted by atomic mass is 10.1. The average Bonchev–Trinajstić information content (AvgIpc) is 2.84. The van der Waals surface area contributed by atoms with Crippen LogP contribution in [-0.2, 0) is 4.79 Å². The van der Waals surface area contributed by atoms with E-state index in [1.54, 1.807) is 6.07 Å². The highest BCUT2D eigenvalue weighted by Crippen LogP contribution is 2.38. The first kappa shape index (κ1) is 18.5. The van der Waals surface area contributed by atoms with Gasteiger partial charge >= 0.3 is 0 Å². The van der Waals surface area contributed by atoms with Crippen LogP contribution in [0, 0.1) is 15.9 Å². The van der Waals surface area contributed by atoms with Crippen LogP contribution < -0.4 is 10.0 Å². The molecule has 1 aliphatic rings. The van der Waals surface area contributed by atoms with Crippen LogP contribution in [0.25, 0.3) is 6.08 Å². The van der Waals surface area contributed by atoms with Gasteiger partial charge in [-0.25, -0.2) is 4.39 Å². The molecule has 1 aliphatic heterocycles. The number of nitro groups is 1. The largest absolute Gasteiger partial charge is 0.867 e. The van der Waals surface area contributed by atoms with E-state index in [1.807, 2.05) is 0 Å². The van der Waals surface area contributed by atoms with E-state index in [9.17, 15) is 24.4 Å². The summed E-state index contributed by atoms with van der Waals surface area (Å²) in [5, 5.41) is 22.7. The fourth-order valence-corrected chi connectivity index (χ4v) is 4.04. The Bertz CT molecular complexity index is 996. The van der Waals surface area contributed by atoms with Gasteiger partial charge in [-0.05, 0) is 41.7 Å². The van der Waals surface area contributed by atoms with E-state index in [0.29, 0.717) is 5.56 Å². The predicted octanol–water partition coefficient (Wildman–Crippen LogP) is 3.98. The van der Waals surface area contributed by atoms with Crippen LogP contribution in [0.2, 0.25) is 0 Å². The minimum Gasteiger partial charge on any atom is -0.867 e. The minimum atomic E-state index is -0.789. The number of carbonyl (C=O) groups excluding carboxylic acids is 1. The molecule has 1 amide bonds. The SMILES string of the molecule is O=C1/C(=C\c2cc(Br)c([O-])c([N+](=O)[O-])c2)SC(=S)N1c1cccc(F)c1. The number of hydrogen-bond donors (Lipinski definition) is 0. The molecule has 1 heterocycles. The van der Waals surface area contributed by atoms with Crippen LogP contribution in [0.1, 0.15) is 5.56 Å². The molecule has 0 atom stereocenters. The summed E-state index contributed by atoms with van der Waals surface area (Å²) in [7, 11) is 0. The molecule has 0 radical (unpaired) electrons. The molecule has 0 saturated carbocycles. The number of thioether (sulfide) groups is 1. The smallest absolute Gasteiger partial charge is 0.270 e. The highest BCUT2D eigenvalue weighted by Gasteiger charge is 2.33. The zero-order valence-corrected chi connectivity index (χ0v) is 15.9. The maximum atomic E-state index is 13.4. The third-order valence-electron chi connectivity index (χ3n) is 3.40. The van der Waals surface area contributed by atoms with Gasteiger partial charge in [0, 0.05) is 10.5 Å². The van der Waals surface area contributed by atoms with Crippen LogP contribution in [-0.4, -0.2) is 15.2 Å². The van der Waals surface area contributed by atoms with Crippen molar-refractivity contribution >= 4 is 67.6 Å². The van der Waals surface area contributed by atoms with Crippen LogP contribution in [0.3, 0.4) is 0 Å². The zero-order chi connectivity index (χ0) is 19.0. The number of hydrogen-bond acceptors (Lipinski definition) is 6. The second-order valence-electron chi connectivity index (χ2n) is 5.11. The Balaban J connectivity index is 2.00. The average molecular weight is 454 g/mol. The summed E-state index contributed by atoms with van der Waals surface area (Å²) in [6, 6.07) is 7.90. The van der Waals surface area contributed by atoms with E-state index in [1.165, 1.54) is 35.2 Å². The Morgan fingerprint density at radius 1 is 1.31 bits per heavy atom. The number of thiocarbonyl (C=S) groups is 1. The lowest BCUT2D eigenvalue weighted by molar-refractivity contribution is -0.398. The molecular weight excluding hydrogens is 447 g/mol. The molecule has 0 unspecified atom stereocenters. The van der Waals surface area contributed by atoms with E-state index >= 15 is 0 Å². The highest BCUT2D eigenvalue weighted by molar-refractivity contribution is 9.10. The van der Waals surface area contributed by atoms with Crippen molar-refractivity contribution in [3.05, 3.63) is 67.3 Å². The van der Waals surface area contributed by atoms with Crippen molar-refractivity contribution in [2.24, 2.45) is 0 Å². The summed E-state index contributed by atoms with van der Waals surface area (Å²) in [6.07, 6.45) is 1.40. The molecule has 0 N–H and O–H groups in total. The number of amides is 1. The zero-order valence-electron chi connectivity index (χ0n) is 12.6. The van der Waals surface area contributed by atoms with Crippen molar-refractivity contribution in [3.63, 3.8) is 0 Å². The fourth-order valence-electron chi connectivity index (χ4n) is 2.28. The van der Waals surface area contributed by atoms with Crippen LogP contribution in [0.15, 0.2) is 45.8 Å². The summed E-state index contributed by atoms with van der Waals surface area (Å²) < 4.78 is 13.6.